The lowest BCUT2D eigenvalue weighted by molar-refractivity contribution is -0.138. The molecule has 2 heterocycles. The minimum Gasteiger partial charge on any atom is -0.487 e. The molecule has 1 spiro atoms. The molecule has 10 heteroatoms. The molecule has 184 valence electrons. The number of amides is 1. The zero-order valence-electron chi connectivity index (χ0n) is 18.6. The van der Waals surface area contributed by atoms with Crippen molar-refractivity contribution in [2.45, 2.75) is 63.6 Å². The Morgan fingerprint density at radius 2 is 1.97 bits per heavy atom. The van der Waals surface area contributed by atoms with Crippen LogP contribution in [0.25, 0.3) is 0 Å². The topological polar surface area (TPSA) is 62.8 Å². The van der Waals surface area contributed by atoms with Crippen LogP contribution in [0, 0.1) is 23.1 Å². The van der Waals surface area contributed by atoms with E-state index in [1.54, 1.807) is 0 Å². The lowest BCUT2D eigenvalue weighted by Crippen LogP contribution is -2.43. The lowest BCUT2D eigenvalue weighted by Gasteiger charge is -2.24. The van der Waals surface area contributed by atoms with Gasteiger partial charge in [0.05, 0.1) is 6.10 Å². The van der Waals surface area contributed by atoms with Crippen LogP contribution in [0.3, 0.4) is 0 Å². The van der Waals surface area contributed by atoms with Crippen molar-refractivity contribution in [2.24, 2.45) is 17.3 Å². The summed E-state index contributed by atoms with van der Waals surface area (Å²) in [7, 11) is 0. The van der Waals surface area contributed by atoms with Gasteiger partial charge in [-0.1, -0.05) is 0 Å². The number of ether oxygens (including phenoxy) is 2. The van der Waals surface area contributed by atoms with Gasteiger partial charge in [0.1, 0.15) is 17.9 Å². The SMILES string of the molecule is O=C(Nc1ccc(OC2CC3CC3C2)c(F)c1)C1=C(CC(F)(F)F)OC(N2CCC3(CC3)C2)N1. The summed E-state index contributed by atoms with van der Waals surface area (Å²) in [6, 6.07) is 4.05. The number of anilines is 1. The summed E-state index contributed by atoms with van der Waals surface area (Å²) < 4.78 is 65.4. The summed E-state index contributed by atoms with van der Waals surface area (Å²) in [6.45, 7) is 1.43. The van der Waals surface area contributed by atoms with Crippen LogP contribution in [0.4, 0.5) is 23.2 Å². The Morgan fingerprint density at radius 3 is 2.62 bits per heavy atom. The molecule has 4 fully saturated rings. The molecular formula is C24H27F4N3O3. The number of carbonyl (C=O) groups is 1. The van der Waals surface area contributed by atoms with Gasteiger partial charge in [-0.2, -0.15) is 13.2 Å². The maximum Gasteiger partial charge on any atom is 0.396 e. The van der Waals surface area contributed by atoms with E-state index in [1.807, 2.05) is 4.90 Å². The van der Waals surface area contributed by atoms with E-state index in [2.05, 4.69) is 10.6 Å². The van der Waals surface area contributed by atoms with Crippen molar-refractivity contribution >= 4 is 11.6 Å². The van der Waals surface area contributed by atoms with Gasteiger partial charge in [0.15, 0.2) is 11.6 Å². The number of rotatable bonds is 6. The fourth-order valence-corrected chi connectivity index (χ4v) is 5.65. The van der Waals surface area contributed by atoms with Crippen molar-refractivity contribution in [3.8, 4) is 5.75 Å². The predicted octanol–water partition coefficient (Wildman–Crippen LogP) is 4.49. The Labute approximate surface area is 194 Å². The summed E-state index contributed by atoms with van der Waals surface area (Å²) in [5, 5.41) is 5.32. The first-order valence-electron chi connectivity index (χ1n) is 11.9. The number of carbonyl (C=O) groups excluding carboxylic acids is 1. The van der Waals surface area contributed by atoms with E-state index >= 15 is 0 Å². The molecular weight excluding hydrogens is 454 g/mol. The van der Waals surface area contributed by atoms with E-state index in [1.165, 1.54) is 18.6 Å². The third-order valence-electron chi connectivity index (χ3n) is 7.83. The van der Waals surface area contributed by atoms with E-state index < -0.39 is 36.4 Å². The Bertz CT molecular complexity index is 1030. The zero-order valence-corrected chi connectivity index (χ0v) is 18.6. The highest BCUT2D eigenvalue weighted by Crippen LogP contribution is 2.53. The smallest absolute Gasteiger partial charge is 0.396 e. The van der Waals surface area contributed by atoms with Crippen molar-refractivity contribution in [2.75, 3.05) is 18.4 Å². The lowest BCUT2D eigenvalue weighted by atomic mass is 10.1. The minimum absolute atomic E-state index is 0.00547. The second-order valence-electron chi connectivity index (χ2n) is 10.5. The standard InChI is InChI=1S/C24H27F4N3O3/c25-17-10-15(1-2-18(17)33-16-8-13-7-14(13)9-16)29-21(32)20-19(11-24(26,27)28)34-22(30-20)31-6-5-23(12-31)3-4-23/h1-2,10,13-14,16,22,30H,3-9,11-12H2,(H,29,32). The Kier molecular flexibility index (Phi) is 5.02. The fourth-order valence-electron chi connectivity index (χ4n) is 5.65. The first-order valence-corrected chi connectivity index (χ1v) is 11.9. The van der Waals surface area contributed by atoms with Crippen molar-refractivity contribution in [1.82, 2.24) is 10.2 Å². The quantitative estimate of drug-likeness (QED) is 0.586. The molecule has 5 aliphatic rings. The molecule has 1 aromatic carbocycles. The predicted molar refractivity (Wildman–Crippen MR) is 114 cm³/mol. The normalized spacial score (nSPS) is 31.3. The van der Waals surface area contributed by atoms with Crippen LogP contribution < -0.4 is 15.4 Å². The van der Waals surface area contributed by atoms with Crippen LogP contribution in [0.1, 0.15) is 44.9 Å². The van der Waals surface area contributed by atoms with Gasteiger partial charge in [0, 0.05) is 24.8 Å². The van der Waals surface area contributed by atoms with E-state index in [-0.39, 0.29) is 28.7 Å². The third kappa shape index (κ3) is 4.44. The average molecular weight is 481 g/mol. The largest absolute Gasteiger partial charge is 0.487 e. The maximum atomic E-state index is 14.6. The highest BCUT2D eigenvalue weighted by atomic mass is 19.4. The first-order chi connectivity index (χ1) is 16.2. The number of likely N-dealkylation sites (tertiary alicyclic amines) is 1. The van der Waals surface area contributed by atoms with Gasteiger partial charge in [-0.05, 0) is 67.9 Å². The zero-order chi connectivity index (χ0) is 23.7. The van der Waals surface area contributed by atoms with Gasteiger partial charge < -0.3 is 20.1 Å². The molecule has 3 aliphatic carbocycles. The molecule has 6 rings (SSSR count). The van der Waals surface area contributed by atoms with Gasteiger partial charge in [-0.25, -0.2) is 4.39 Å². The fraction of sp³-hybridized carbons (Fsp3) is 0.625. The highest BCUT2D eigenvalue weighted by Gasteiger charge is 2.51. The molecule has 1 saturated heterocycles. The van der Waals surface area contributed by atoms with Crippen LogP contribution in [0.5, 0.6) is 5.75 Å². The maximum absolute atomic E-state index is 14.6. The first kappa shape index (κ1) is 22.0. The number of nitrogens with zero attached hydrogens (tertiary/aromatic N) is 1. The number of halogens is 4. The van der Waals surface area contributed by atoms with Gasteiger partial charge in [-0.3, -0.25) is 9.69 Å². The summed E-state index contributed by atoms with van der Waals surface area (Å²) >= 11 is 0. The monoisotopic (exact) mass is 481 g/mol. The number of hydrogen-bond acceptors (Lipinski definition) is 5. The van der Waals surface area contributed by atoms with Crippen LogP contribution in [0.2, 0.25) is 0 Å². The Hall–Kier alpha value is -2.49. The number of fused-ring (bicyclic) bond motifs is 1. The second-order valence-corrected chi connectivity index (χ2v) is 10.5. The van der Waals surface area contributed by atoms with Gasteiger partial charge >= 0.3 is 6.18 Å². The molecule has 0 radical (unpaired) electrons. The number of nitrogens with one attached hydrogen (secondary N) is 2. The molecule has 0 aromatic heterocycles. The van der Waals surface area contributed by atoms with Crippen molar-refractivity contribution < 1.29 is 31.8 Å². The molecule has 2 aliphatic heterocycles. The second kappa shape index (κ2) is 7.76. The van der Waals surface area contributed by atoms with Crippen LogP contribution >= 0.6 is 0 Å². The van der Waals surface area contributed by atoms with Crippen LogP contribution in [-0.2, 0) is 9.53 Å². The number of benzene rings is 1. The van der Waals surface area contributed by atoms with Crippen LogP contribution in [-0.4, -0.2) is 42.5 Å². The molecule has 6 nitrogen and oxygen atoms in total. The van der Waals surface area contributed by atoms with Gasteiger partial charge in [0.25, 0.3) is 5.91 Å². The Balaban J connectivity index is 1.13. The van der Waals surface area contributed by atoms with E-state index in [0.29, 0.717) is 18.4 Å². The molecule has 3 saturated carbocycles. The van der Waals surface area contributed by atoms with Crippen LogP contribution in [0.15, 0.2) is 29.7 Å². The molecule has 1 amide bonds. The Morgan fingerprint density at radius 1 is 1.21 bits per heavy atom. The van der Waals surface area contributed by atoms with Crippen molar-refractivity contribution in [3.05, 3.63) is 35.5 Å². The number of allylic oxidation sites excluding steroid dienone is 1. The van der Waals surface area contributed by atoms with Crippen molar-refractivity contribution in [1.29, 1.82) is 0 Å². The summed E-state index contributed by atoms with van der Waals surface area (Å²) in [6.07, 6.45) is -0.410. The summed E-state index contributed by atoms with van der Waals surface area (Å²) in [5.41, 5.74) is 0.108. The summed E-state index contributed by atoms with van der Waals surface area (Å²) in [5.74, 6) is -0.356. The molecule has 34 heavy (non-hydrogen) atoms. The summed E-state index contributed by atoms with van der Waals surface area (Å²) in [4.78, 5) is 14.8. The van der Waals surface area contributed by atoms with E-state index in [9.17, 15) is 22.4 Å². The van der Waals surface area contributed by atoms with E-state index in [4.69, 9.17) is 9.47 Å². The number of hydrogen-bond donors (Lipinski definition) is 2. The molecule has 2 N–H and O–H groups in total. The van der Waals surface area contributed by atoms with E-state index in [0.717, 1.165) is 44.7 Å². The number of alkyl halides is 3. The molecule has 0 bridgehead atoms. The highest BCUT2D eigenvalue weighted by molar-refractivity contribution is 6.04. The molecule has 3 unspecified atom stereocenters. The third-order valence-corrected chi connectivity index (χ3v) is 7.83. The van der Waals surface area contributed by atoms with Crippen molar-refractivity contribution in [3.63, 3.8) is 0 Å². The molecule has 3 atom stereocenters. The minimum atomic E-state index is -4.54. The molecule has 1 aromatic rings. The van der Waals surface area contributed by atoms with Gasteiger partial charge in [0.2, 0.25) is 6.35 Å². The van der Waals surface area contributed by atoms with Gasteiger partial charge in [-0.15, -0.1) is 0 Å². The average Bonchev–Trinajstić information content (AvgIpc) is 3.49.